The molecule has 0 aromatic carbocycles. The smallest absolute Gasteiger partial charge is 0.240 e. The average molecular weight is 289 g/mol. The molecule has 0 atom stereocenters. The predicted octanol–water partition coefficient (Wildman–Crippen LogP) is 2.03. The molecule has 7 heteroatoms. The number of hydrogen-bond donors (Lipinski definition) is 1. The molecule has 0 fully saturated rings. The van der Waals surface area contributed by atoms with Gasteiger partial charge in [-0.2, -0.15) is 4.98 Å². The highest BCUT2D eigenvalue weighted by Gasteiger charge is 2.10. The third-order valence-corrected chi connectivity index (χ3v) is 3.32. The van der Waals surface area contributed by atoms with Crippen molar-refractivity contribution < 1.29 is 4.52 Å². The summed E-state index contributed by atoms with van der Waals surface area (Å²) >= 11 is 1.76. The van der Waals surface area contributed by atoms with Crippen LogP contribution >= 0.6 is 23.7 Å². The molecule has 5 nitrogen and oxygen atoms in total. The number of thiophene rings is 1. The van der Waals surface area contributed by atoms with Gasteiger partial charge in [-0.05, 0) is 18.0 Å². The fraction of sp³-hybridized carbons (Fsp3) is 0.455. The van der Waals surface area contributed by atoms with Crippen LogP contribution in [0.15, 0.2) is 22.0 Å². The summed E-state index contributed by atoms with van der Waals surface area (Å²) in [4.78, 5) is 7.81. The van der Waals surface area contributed by atoms with Gasteiger partial charge < -0.3 is 10.3 Å². The Morgan fingerprint density at radius 1 is 1.44 bits per heavy atom. The molecule has 0 spiro atoms. The highest BCUT2D eigenvalue weighted by atomic mass is 35.5. The molecule has 2 heterocycles. The predicted molar refractivity (Wildman–Crippen MR) is 73.5 cm³/mol. The lowest BCUT2D eigenvalue weighted by molar-refractivity contribution is 0.261. The van der Waals surface area contributed by atoms with Gasteiger partial charge in [0.25, 0.3) is 0 Å². The summed E-state index contributed by atoms with van der Waals surface area (Å²) in [5.41, 5.74) is 5.43. The van der Waals surface area contributed by atoms with E-state index in [0.717, 1.165) is 13.1 Å². The van der Waals surface area contributed by atoms with Crippen LogP contribution in [0.4, 0.5) is 0 Å². The Hall–Kier alpha value is -0.950. The van der Waals surface area contributed by atoms with Gasteiger partial charge in [-0.3, -0.25) is 4.90 Å². The number of halogens is 1. The van der Waals surface area contributed by atoms with Gasteiger partial charge in [0, 0.05) is 11.4 Å². The minimum absolute atomic E-state index is 0. The van der Waals surface area contributed by atoms with Crippen LogP contribution in [0.3, 0.4) is 0 Å². The Morgan fingerprint density at radius 2 is 2.28 bits per heavy atom. The lowest BCUT2D eigenvalue weighted by Gasteiger charge is -2.16. The number of nitrogens with two attached hydrogens (primary N) is 1. The first kappa shape index (κ1) is 15.1. The van der Waals surface area contributed by atoms with E-state index in [0.29, 0.717) is 24.8 Å². The molecule has 2 aromatic heterocycles. The van der Waals surface area contributed by atoms with Crippen LogP contribution in [0, 0.1) is 0 Å². The molecule has 0 aliphatic heterocycles. The Morgan fingerprint density at radius 3 is 2.83 bits per heavy atom. The van der Waals surface area contributed by atoms with Crippen LogP contribution < -0.4 is 5.73 Å². The zero-order chi connectivity index (χ0) is 12.1. The van der Waals surface area contributed by atoms with Gasteiger partial charge in [0.2, 0.25) is 5.89 Å². The van der Waals surface area contributed by atoms with E-state index in [9.17, 15) is 0 Å². The van der Waals surface area contributed by atoms with Crippen molar-refractivity contribution in [2.45, 2.75) is 26.6 Å². The normalized spacial score (nSPS) is 10.6. The van der Waals surface area contributed by atoms with Gasteiger partial charge in [-0.1, -0.05) is 18.1 Å². The van der Waals surface area contributed by atoms with E-state index < -0.39 is 0 Å². The molecule has 0 aliphatic carbocycles. The summed E-state index contributed by atoms with van der Waals surface area (Å²) in [6.07, 6.45) is 0. The molecule has 100 valence electrons. The Balaban J connectivity index is 0.00000162. The van der Waals surface area contributed by atoms with E-state index in [-0.39, 0.29) is 12.4 Å². The fourth-order valence-electron chi connectivity index (χ4n) is 1.54. The van der Waals surface area contributed by atoms with E-state index in [4.69, 9.17) is 10.3 Å². The van der Waals surface area contributed by atoms with Crippen LogP contribution in [0.1, 0.15) is 23.5 Å². The molecule has 2 N–H and O–H groups in total. The van der Waals surface area contributed by atoms with Gasteiger partial charge in [-0.25, -0.2) is 0 Å². The van der Waals surface area contributed by atoms with E-state index in [2.05, 4.69) is 39.5 Å². The summed E-state index contributed by atoms with van der Waals surface area (Å²) in [6.45, 7) is 4.98. The first-order valence-corrected chi connectivity index (χ1v) is 6.46. The van der Waals surface area contributed by atoms with Gasteiger partial charge in [0.1, 0.15) is 0 Å². The van der Waals surface area contributed by atoms with Gasteiger partial charge >= 0.3 is 0 Å². The SMILES string of the molecule is CCN(Cc1noc(CN)n1)Cc1cccs1.Cl. The summed E-state index contributed by atoms with van der Waals surface area (Å²) in [7, 11) is 0. The second-order valence-corrected chi connectivity index (χ2v) is 4.72. The molecule has 2 aromatic rings. The van der Waals surface area contributed by atoms with Crippen molar-refractivity contribution in [2.24, 2.45) is 5.73 Å². The lowest BCUT2D eigenvalue weighted by atomic mass is 10.4. The molecular weight excluding hydrogens is 272 g/mol. The molecule has 0 saturated heterocycles. The second kappa shape index (κ2) is 7.48. The van der Waals surface area contributed by atoms with Gasteiger partial charge in [-0.15, -0.1) is 23.7 Å². The number of rotatable bonds is 6. The summed E-state index contributed by atoms with van der Waals surface area (Å²) in [5.74, 6) is 1.19. The van der Waals surface area contributed by atoms with Crippen molar-refractivity contribution in [3.05, 3.63) is 34.1 Å². The zero-order valence-corrected chi connectivity index (χ0v) is 11.8. The Bertz CT molecular complexity index is 446. The van der Waals surface area contributed by atoms with Crippen LogP contribution in [0.2, 0.25) is 0 Å². The van der Waals surface area contributed by atoms with E-state index in [1.165, 1.54) is 4.88 Å². The third-order valence-electron chi connectivity index (χ3n) is 2.46. The maximum Gasteiger partial charge on any atom is 0.240 e. The minimum atomic E-state index is 0. The van der Waals surface area contributed by atoms with Crippen molar-refractivity contribution in [2.75, 3.05) is 6.54 Å². The van der Waals surface area contributed by atoms with Crippen molar-refractivity contribution in [1.82, 2.24) is 15.0 Å². The average Bonchev–Trinajstić information content (AvgIpc) is 2.99. The van der Waals surface area contributed by atoms with Crippen LogP contribution in [-0.4, -0.2) is 21.6 Å². The molecule has 0 unspecified atom stereocenters. The topological polar surface area (TPSA) is 68.2 Å². The first-order chi connectivity index (χ1) is 8.31. The minimum Gasteiger partial charge on any atom is -0.338 e. The van der Waals surface area contributed by atoms with Crippen molar-refractivity contribution in [1.29, 1.82) is 0 Å². The monoisotopic (exact) mass is 288 g/mol. The number of hydrogen-bond acceptors (Lipinski definition) is 6. The Kier molecular flexibility index (Phi) is 6.28. The highest BCUT2D eigenvalue weighted by Crippen LogP contribution is 2.13. The second-order valence-electron chi connectivity index (χ2n) is 3.69. The molecule has 0 aliphatic rings. The molecule has 0 saturated carbocycles. The number of nitrogens with zero attached hydrogens (tertiary/aromatic N) is 3. The molecular formula is C11H17ClN4OS. The first-order valence-electron chi connectivity index (χ1n) is 5.58. The standard InChI is InChI=1S/C11H16N4OS.ClH/c1-2-15(7-9-4-3-5-17-9)8-10-13-11(6-12)16-14-10;/h3-5H,2,6-8,12H2,1H3;1H. The molecule has 18 heavy (non-hydrogen) atoms. The summed E-state index contributed by atoms with van der Waals surface area (Å²) in [5, 5.41) is 5.99. The maximum absolute atomic E-state index is 5.43. The Labute approximate surface area is 116 Å². The van der Waals surface area contributed by atoms with Crippen molar-refractivity contribution in [3.8, 4) is 0 Å². The zero-order valence-electron chi connectivity index (χ0n) is 10.2. The number of aromatic nitrogens is 2. The molecule has 0 amide bonds. The van der Waals surface area contributed by atoms with Crippen molar-refractivity contribution in [3.63, 3.8) is 0 Å². The van der Waals surface area contributed by atoms with Crippen LogP contribution in [-0.2, 0) is 19.6 Å². The van der Waals surface area contributed by atoms with E-state index >= 15 is 0 Å². The summed E-state index contributed by atoms with van der Waals surface area (Å²) < 4.78 is 4.98. The lowest BCUT2D eigenvalue weighted by Crippen LogP contribution is -2.22. The highest BCUT2D eigenvalue weighted by molar-refractivity contribution is 7.09. The summed E-state index contributed by atoms with van der Waals surface area (Å²) in [6, 6.07) is 4.20. The van der Waals surface area contributed by atoms with Crippen molar-refractivity contribution >= 4 is 23.7 Å². The largest absolute Gasteiger partial charge is 0.338 e. The van der Waals surface area contributed by atoms with E-state index in [1.54, 1.807) is 11.3 Å². The third kappa shape index (κ3) is 4.06. The van der Waals surface area contributed by atoms with Crippen LogP contribution in [0.25, 0.3) is 0 Å². The molecule has 0 radical (unpaired) electrons. The molecule has 0 bridgehead atoms. The van der Waals surface area contributed by atoms with E-state index in [1.807, 2.05) is 0 Å². The molecule has 2 rings (SSSR count). The fourth-order valence-corrected chi connectivity index (χ4v) is 2.29. The van der Waals surface area contributed by atoms with Gasteiger partial charge in [0.15, 0.2) is 5.82 Å². The van der Waals surface area contributed by atoms with Crippen LogP contribution in [0.5, 0.6) is 0 Å². The van der Waals surface area contributed by atoms with Gasteiger partial charge in [0.05, 0.1) is 13.1 Å². The quantitative estimate of drug-likeness (QED) is 0.881. The maximum atomic E-state index is 5.43.